The van der Waals surface area contributed by atoms with Crippen molar-refractivity contribution in [2.75, 3.05) is 20.1 Å². The maximum absolute atomic E-state index is 4.12. The Morgan fingerprint density at radius 2 is 2.29 bits per heavy atom. The van der Waals surface area contributed by atoms with Gasteiger partial charge in [0.15, 0.2) is 0 Å². The van der Waals surface area contributed by atoms with Crippen LogP contribution in [0.15, 0.2) is 30.6 Å². The van der Waals surface area contributed by atoms with Crippen LogP contribution in [0, 0.1) is 0 Å². The summed E-state index contributed by atoms with van der Waals surface area (Å²) in [4.78, 5) is 6.44. The van der Waals surface area contributed by atoms with Crippen LogP contribution in [-0.2, 0) is 0 Å². The van der Waals surface area contributed by atoms with E-state index < -0.39 is 0 Å². The number of likely N-dealkylation sites (N-methyl/N-ethyl adjacent to an activating group) is 1. The van der Waals surface area contributed by atoms with Crippen LogP contribution in [-0.4, -0.2) is 30.0 Å². The van der Waals surface area contributed by atoms with E-state index in [9.17, 15) is 0 Å². The molecule has 0 radical (unpaired) electrons. The van der Waals surface area contributed by atoms with Gasteiger partial charge in [0.05, 0.1) is 0 Å². The number of hydrogen-bond acceptors (Lipinski definition) is 2. The van der Waals surface area contributed by atoms with Crippen LogP contribution in [0.5, 0.6) is 0 Å². The molecule has 1 aromatic rings. The second-order valence-corrected chi connectivity index (χ2v) is 3.48. The predicted octanol–water partition coefficient (Wildman–Crippen LogP) is -1.20. The summed E-state index contributed by atoms with van der Waals surface area (Å²) in [7, 11) is 2.15. The van der Waals surface area contributed by atoms with Gasteiger partial charge >= 0.3 is 0 Å². The van der Waals surface area contributed by atoms with Gasteiger partial charge < -0.3 is 17.3 Å². The lowest BCUT2D eigenvalue weighted by molar-refractivity contribution is -0.00000272. The van der Waals surface area contributed by atoms with Crippen molar-refractivity contribution in [3.63, 3.8) is 0 Å². The topological polar surface area (TPSA) is 16.1 Å². The molecule has 2 rings (SSSR count). The van der Waals surface area contributed by atoms with Gasteiger partial charge in [0.25, 0.3) is 0 Å². The normalized spacial score (nSPS) is 17.1. The van der Waals surface area contributed by atoms with E-state index in [1.54, 1.807) is 0 Å². The molecule has 0 atom stereocenters. The number of nitrogens with zero attached hydrogens (tertiary/aromatic N) is 2. The molecule has 0 aliphatic carbocycles. The number of rotatable bonds is 1. The first-order valence-electron chi connectivity index (χ1n) is 4.64. The van der Waals surface area contributed by atoms with Gasteiger partial charge in [-0.2, -0.15) is 0 Å². The molecule has 0 spiro atoms. The summed E-state index contributed by atoms with van der Waals surface area (Å²) < 4.78 is 0. The highest BCUT2D eigenvalue weighted by molar-refractivity contribution is 5.65. The Morgan fingerprint density at radius 1 is 1.43 bits per heavy atom. The van der Waals surface area contributed by atoms with Crippen molar-refractivity contribution in [2.45, 2.75) is 6.42 Å². The number of halogens is 1. The molecule has 0 saturated heterocycles. The Morgan fingerprint density at radius 3 is 2.86 bits per heavy atom. The van der Waals surface area contributed by atoms with E-state index in [2.05, 4.69) is 29.1 Å². The molecule has 1 aliphatic rings. The van der Waals surface area contributed by atoms with Crippen molar-refractivity contribution in [1.29, 1.82) is 0 Å². The molecule has 2 heterocycles. The lowest BCUT2D eigenvalue weighted by Gasteiger charge is -2.21. The fraction of sp³-hybridized carbons (Fsp3) is 0.364. The number of hydrogen-bond donors (Lipinski definition) is 0. The van der Waals surface area contributed by atoms with Gasteiger partial charge in [-0.3, -0.25) is 4.98 Å². The van der Waals surface area contributed by atoms with E-state index in [4.69, 9.17) is 0 Å². The van der Waals surface area contributed by atoms with Gasteiger partial charge in [-0.05, 0) is 30.7 Å². The molecule has 2 nitrogen and oxygen atoms in total. The van der Waals surface area contributed by atoms with Crippen LogP contribution >= 0.6 is 0 Å². The summed E-state index contributed by atoms with van der Waals surface area (Å²) >= 11 is 0. The minimum Gasteiger partial charge on any atom is -1.00 e. The van der Waals surface area contributed by atoms with Crippen molar-refractivity contribution < 1.29 is 12.4 Å². The minimum absolute atomic E-state index is 0. The maximum atomic E-state index is 4.12. The van der Waals surface area contributed by atoms with E-state index in [-0.39, 0.29) is 12.4 Å². The Bertz CT molecular complexity index is 308. The second-order valence-electron chi connectivity index (χ2n) is 3.48. The van der Waals surface area contributed by atoms with Gasteiger partial charge in [0.2, 0.25) is 0 Å². The zero-order valence-electron chi connectivity index (χ0n) is 8.28. The first-order valence-corrected chi connectivity index (χ1v) is 4.64. The molecule has 0 N–H and O–H groups in total. The zero-order valence-corrected chi connectivity index (χ0v) is 9.04. The molecule has 0 unspecified atom stereocenters. The van der Waals surface area contributed by atoms with Crippen LogP contribution in [0.4, 0.5) is 0 Å². The summed E-state index contributed by atoms with van der Waals surface area (Å²) in [5.74, 6) is 0. The van der Waals surface area contributed by atoms with E-state index in [1.165, 1.54) is 11.1 Å². The molecule has 0 aromatic carbocycles. The van der Waals surface area contributed by atoms with Crippen LogP contribution in [0.3, 0.4) is 0 Å². The zero-order chi connectivity index (χ0) is 9.10. The highest BCUT2D eigenvalue weighted by Gasteiger charge is 2.08. The third-order valence-electron chi connectivity index (χ3n) is 2.44. The van der Waals surface area contributed by atoms with E-state index in [1.807, 2.05) is 18.5 Å². The van der Waals surface area contributed by atoms with Gasteiger partial charge in [-0.25, -0.2) is 0 Å². The Balaban J connectivity index is 0.000000980. The standard InChI is InChI=1S/C11H14N2.ClH/c1-13-7-4-10(5-8-13)11-3-2-6-12-9-11;/h2-4,6,9H,5,7-8H2,1H3;1H/p-1. The molecule has 0 bridgehead atoms. The number of pyridine rings is 1. The van der Waals surface area contributed by atoms with Gasteiger partial charge in [0, 0.05) is 25.5 Å². The minimum atomic E-state index is 0. The third kappa shape index (κ3) is 2.56. The van der Waals surface area contributed by atoms with Gasteiger partial charge in [-0.15, -0.1) is 0 Å². The molecular weight excluding hydrogens is 196 g/mol. The summed E-state index contributed by atoms with van der Waals surface area (Å²) in [6.45, 7) is 2.21. The fourth-order valence-electron chi connectivity index (χ4n) is 1.59. The van der Waals surface area contributed by atoms with Crippen LogP contribution < -0.4 is 12.4 Å². The van der Waals surface area contributed by atoms with Crippen molar-refractivity contribution in [2.24, 2.45) is 0 Å². The highest BCUT2D eigenvalue weighted by Crippen LogP contribution is 2.20. The molecule has 76 valence electrons. The molecule has 3 heteroatoms. The van der Waals surface area contributed by atoms with Crippen LogP contribution in [0.2, 0.25) is 0 Å². The van der Waals surface area contributed by atoms with Gasteiger partial charge in [0.1, 0.15) is 0 Å². The molecule has 0 amide bonds. The quantitative estimate of drug-likeness (QED) is 0.578. The summed E-state index contributed by atoms with van der Waals surface area (Å²) in [6, 6.07) is 4.12. The lowest BCUT2D eigenvalue weighted by atomic mass is 10.0. The second kappa shape index (κ2) is 5.13. The molecule has 0 saturated carbocycles. The van der Waals surface area contributed by atoms with E-state index in [0.717, 1.165) is 19.5 Å². The predicted molar refractivity (Wildman–Crippen MR) is 54.3 cm³/mol. The average Bonchev–Trinajstić information content (AvgIpc) is 2.20. The van der Waals surface area contributed by atoms with Crippen molar-refractivity contribution in [3.8, 4) is 0 Å². The Hall–Kier alpha value is -0.860. The average molecular weight is 210 g/mol. The summed E-state index contributed by atoms with van der Waals surface area (Å²) in [6.07, 6.45) is 7.19. The molecular formula is C11H14ClN2-. The molecule has 0 fully saturated rings. The Kier molecular flexibility index (Phi) is 4.11. The maximum Gasteiger partial charge on any atom is 0.0342 e. The summed E-state index contributed by atoms with van der Waals surface area (Å²) in [5, 5.41) is 0. The van der Waals surface area contributed by atoms with Crippen molar-refractivity contribution >= 4 is 5.57 Å². The number of aromatic nitrogens is 1. The Labute approximate surface area is 91.1 Å². The van der Waals surface area contributed by atoms with Crippen molar-refractivity contribution in [1.82, 2.24) is 9.88 Å². The summed E-state index contributed by atoms with van der Waals surface area (Å²) in [5.41, 5.74) is 2.71. The van der Waals surface area contributed by atoms with Crippen molar-refractivity contribution in [3.05, 3.63) is 36.2 Å². The SMILES string of the molecule is CN1CC=C(c2cccnc2)CC1.[Cl-]. The van der Waals surface area contributed by atoms with Crippen LogP contribution in [0.1, 0.15) is 12.0 Å². The van der Waals surface area contributed by atoms with E-state index >= 15 is 0 Å². The molecule has 1 aromatic heterocycles. The fourth-order valence-corrected chi connectivity index (χ4v) is 1.59. The monoisotopic (exact) mass is 209 g/mol. The largest absolute Gasteiger partial charge is 1.00 e. The first-order chi connectivity index (χ1) is 6.36. The molecule has 1 aliphatic heterocycles. The molecule has 14 heavy (non-hydrogen) atoms. The lowest BCUT2D eigenvalue weighted by Crippen LogP contribution is -3.00. The third-order valence-corrected chi connectivity index (χ3v) is 2.44. The highest BCUT2D eigenvalue weighted by atomic mass is 35.5. The van der Waals surface area contributed by atoms with Gasteiger partial charge in [-0.1, -0.05) is 12.1 Å². The smallest absolute Gasteiger partial charge is 0.0342 e. The van der Waals surface area contributed by atoms with Crippen LogP contribution in [0.25, 0.3) is 5.57 Å². The van der Waals surface area contributed by atoms with E-state index in [0.29, 0.717) is 0 Å². The first kappa shape index (κ1) is 11.2.